The van der Waals surface area contributed by atoms with Gasteiger partial charge in [0.1, 0.15) is 11.3 Å². The Kier molecular flexibility index (Phi) is 5.08. The predicted octanol–water partition coefficient (Wildman–Crippen LogP) is 3.30. The Morgan fingerprint density at radius 1 is 1.22 bits per heavy atom. The molecule has 1 atom stereocenters. The molecule has 124 valence electrons. The first kappa shape index (κ1) is 17.1. The summed E-state index contributed by atoms with van der Waals surface area (Å²) in [5, 5.41) is 0.884. The largest absolute Gasteiger partial charge is 0.479 e. The van der Waals surface area contributed by atoms with Crippen LogP contribution in [0.5, 0.6) is 5.75 Å². The molecule has 5 nitrogen and oxygen atoms in total. The number of carbonyl (C=O) groups excluding carboxylic acids is 1. The zero-order valence-electron chi connectivity index (χ0n) is 14.2. The molecule has 0 fully saturated rings. The Morgan fingerprint density at radius 3 is 2.52 bits per heavy atom. The highest BCUT2D eigenvalue weighted by Crippen LogP contribution is 2.30. The average Bonchev–Trinajstić information content (AvgIpc) is 2.51. The van der Waals surface area contributed by atoms with E-state index in [9.17, 15) is 9.59 Å². The normalized spacial score (nSPS) is 12.2. The van der Waals surface area contributed by atoms with Crippen LogP contribution in [-0.2, 0) is 16.0 Å². The van der Waals surface area contributed by atoms with Crippen molar-refractivity contribution < 1.29 is 18.7 Å². The maximum Gasteiger partial charge on any atom is 0.347 e. The molecule has 1 aromatic heterocycles. The van der Waals surface area contributed by atoms with Crippen LogP contribution in [0.2, 0.25) is 0 Å². The molecule has 2 rings (SSSR count). The number of hydrogen-bond acceptors (Lipinski definition) is 5. The summed E-state index contributed by atoms with van der Waals surface area (Å²) in [6.45, 7) is 9.33. The number of benzene rings is 1. The molecule has 1 heterocycles. The van der Waals surface area contributed by atoms with Gasteiger partial charge in [-0.3, -0.25) is 0 Å². The average molecular weight is 318 g/mol. The fourth-order valence-electron chi connectivity index (χ4n) is 2.61. The van der Waals surface area contributed by atoms with Gasteiger partial charge in [-0.1, -0.05) is 6.92 Å². The van der Waals surface area contributed by atoms with Crippen LogP contribution in [0.3, 0.4) is 0 Å². The molecular formula is C18H22O5. The maximum absolute atomic E-state index is 12.1. The summed E-state index contributed by atoms with van der Waals surface area (Å²) in [7, 11) is 0. The van der Waals surface area contributed by atoms with E-state index < -0.39 is 12.1 Å². The molecule has 0 bridgehead atoms. The first-order valence-corrected chi connectivity index (χ1v) is 7.79. The van der Waals surface area contributed by atoms with Gasteiger partial charge in [0.25, 0.3) is 0 Å². The van der Waals surface area contributed by atoms with Crippen molar-refractivity contribution in [3.8, 4) is 5.75 Å². The van der Waals surface area contributed by atoms with E-state index in [0.717, 1.165) is 10.9 Å². The van der Waals surface area contributed by atoms with Gasteiger partial charge in [-0.05, 0) is 51.8 Å². The minimum atomic E-state index is -0.728. The highest BCUT2D eigenvalue weighted by Gasteiger charge is 2.19. The van der Waals surface area contributed by atoms with E-state index in [4.69, 9.17) is 13.9 Å². The van der Waals surface area contributed by atoms with E-state index in [1.165, 1.54) is 0 Å². The lowest BCUT2D eigenvalue weighted by Crippen LogP contribution is -2.26. The van der Waals surface area contributed by atoms with Crippen LogP contribution < -0.4 is 10.4 Å². The van der Waals surface area contributed by atoms with Gasteiger partial charge in [0, 0.05) is 16.5 Å². The highest BCUT2D eigenvalue weighted by molar-refractivity contribution is 5.85. The second-order valence-electron chi connectivity index (χ2n) is 5.42. The van der Waals surface area contributed by atoms with E-state index in [-0.39, 0.29) is 5.63 Å². The summed E-state index contributed by atoms with van der Waals surface area (Å²) in [6, 6.07) is 3.65. The minimum Gasteiger partial charge on any atom is -0.479 e. The second kappa shape index (κ2) is 6.86. The smallest absolute Gasteiger partial charge is 0.347 e. The molecule has 0 amide bonds. The summed E-state index contributed by atoms with van der Waals surface area (Å²) in [5.41, 5.74) is 2.48. The maximum atomic E-state index is 12.1. The first-order valence-electron chi connectivity index (χ1n) is 7.79. The van der Waals surface area contributed by atoms with Gasteiger partial charge in [0.15, 0.2) is 6.10 Å². The van der Waals surface area contributed by atoms with Crippen molar-refractivity contribution in [2.45, 2.75) is 47.1 Å². The van der Waals surface area contributed by atoms with Crippen LogP contribution in [0.15, 0.2) is 21.3 Å². The SMILES string of the molecule is CCOC(=O)[C@H](C)Oc1ccc2c(C)c(CC)c(=O)oc2c1C. The molecule has 0 aliphatic carbocycles. The molecule has 0 N–H and O–H groups in total. The zero-order chi connectivity index (χ0) is 17.1. The Balaban J connectivity index is 2.47. The number of hydrogen-bond donors (Lipinski definition) is 0. The molecule has 5 heteroatoms. The predicted molar refractivity (Wildman–Crippen MR) is 88.1 cm³/mol. The van der Waals surface area contributed by atoms with E-state index in [2.05, 4.69) is 0 Å². The molecule has 2 aromatic rings. The van der Waals surface area contributed by atoms with Gasteiger partial charge in [0.05, 0.1) is 6.61 Å². The second-order valence-corrected chi connectivity index (χ2v) is 5.42. The van der Waals surface area contributed by atoms with Gasteiger partial charge in [-0.2, -0.15) is 0 Å². The Hall–Kier alpha value is -2.30. The molecule has 0 aliphatic heterocycles. The summed E-state index contributed by atoms with van der Waals surface area (Å²) in [6.07, 6.45) is -0.102. The van der Waals surface area contributed by atoms with E-state index in [1.54, 1.807) is 19.9 Å². The summed E-state index contributed by atoms with van der Waals surface area (Å²) >= 11 is 0. The monoisotopic (exact) mass is 318 g/mol. The third-order valence-electron chi connectivity index (χ3n) is 3.93. The van der Waals surface area contributed by atoms with Gasteiger partial charge in [0.2, 0.25) is 0 Å². The third kappa shape index (κ3) is 3.23. The van der Waals surface area contributed by atoms with Gasteiger partial charge in [-0.15, -0.1) is 0 Å². The van der Waals surface area contributed by atoms with Gasteiger partial charge < -0.3 is 13.9 Å². The first-order chi connectivity index (χ1) is 10.9. The van der Waals surface area contributed by atoms with Crippen LogP contribution in [0, 0.1) is 13.8 Å². The molecular weight excluding hydrogens is 296 g/mol. The summed E-state index contributed by atoms with van der Waals surface area (Å²) < 4.78 is 16.1. The van der Waals surface area contributed by atoms with Crippen molar-refractivity contribution in [2.75, 3.05) is 6.61 Å². The fraction of sp³-hybridized carbons (Fsp3) is 0.444. The quantitative estimate of drug-likeness (QED) is 0.625. The number of esters is 1. The highest BCUT2D eigenvalue weighted by atomic mass is 16.6. The molecule has 1 aromatic carbocycles. The van der Waals surface area contributed by atoms with Crippen molar-refractivity contribution in [1.82, 2.24) is 0 Å². The van der Waals surface area contributed by atoms with E-state index >= 15 is 0 Å². The molecule has 0 aliphatic rings. The number of carbonyl (C=O) groups is 1. The molecule has 0 saturated carbocycles. The molecule has 0 saturated heterocycles. The molecule has 0 unspecified atom stereocenters. The van der Waals surface area contributed by atoms with Crippen molar-refractivity contribution >= 4 is 16.9 Å². The van der Waals surface area contributed by atoms with Crippen molar-refractivity contribution in [1.29, 1.82) is 0 Å². The van der Waals surface area contributed by atoms with Crippen molar-refractivity contribution in [2.24, 2.45) is 0 Å². The lowest BCUT2D eigenvalue weighted by atomic mass is 10.0. The number of rotatable bonds is 5. The van der Waals surface area contributed by atoms with Crippen LogP contribution >= 0.6 is 0 Å². The van der Waals surface area contributed by atoms with Gasteiger partial charge in [-0.25, -0.2) is 9.59 Å². The summed E-state index contributed by atoms with van der Waals surface area (Å²) in [5.74, 6) is 0.0795. The minimum absolute atomic E-state index is 0.303. The zero-order valence-corrected chi connectivity index (χ0v) is 14.2. The molecule has 0 radical (unpaired) electrons. The molecule has 23 heavy (non-hydrogen) atoms. The standard InChI is InChI=1S/C18H22O5/c1-6-13-10(3)14-8-9-15(11(4)16(14)23-18(13)20)22-12(5)17(19)21-7-2/h8-9,12H,6-7H2,1-5H3/t12-/m0/s1. The van der Waals surface area contributed by atoms with Crippen LogP contribution in [-0.4, -0.2) is 18.7 Å². The number of fused-ring (bicyclic) bond motifs is 1. The number of aryl methyl sites for hydroxylation is 2. The van der Waals surface area contributed by atoms with Crippen molar-refractivity contribution in [3.05, 3.63) is 39.2 Å². The lowest BCUT2D eigenvalue weighted by Gasteiger charge is -2.16. The molecule has 0 spiro atoms. The van der Waals surface area contributed by atoms with E-state index in [0.29, 0.717) is 35.5 Å². The van der Waals surface area contributed by atoms with Gasteiger partial charge >= 0.3 is 11.6 Å². The van der Waals surface area contributed by atoms with Crippen LogP contribution in [0.4, 0.5) is 0 Å². The lowest BCUT2D eigenvalue weighted by molar-refractivity contribution is -0.150. The summed E-state index contributed by atoms with van der Waals surface area (Å²) in [4.78, 5) is 23.8. The van der Waals surface area contributed by atoms with Crippen LogP contribution in [0.1, 0.15) is 37.5 Å². The topological polar surface area (TPSA) is 65.7 Å². The fourth-order valence-corrected chi connectivity index (χ4v) is 2.61. The van der Waals surface area contributed by atoms with Crippen molar-refractivity contribution in [3.63, 3.8) is 0 Å². The Bertz CT molecular complexity index is 788. The Morgan fingerprint density at radius 2 is 1.91 bits per heavy atom. The van der Waals surface area contributed by atoms with E-state index in [1.807, 2.05) is 26.8 Å². The Labute approximate surface area is 135 Å². The third-order valence-corrected chi connectivity index (χ3v) is 3.93. The number of ether oxygens (including phenoxy) is 2. The van der Waals surface area contributed by atoms with Crippen LogP contribution in [0.25, 0.3) is 11.0 Å².